The van der Waals surface area contributed by atoms with Gasteiger partial charge in [0.15, 0.2) is 5.16 Å². The van der Waals surface area contributed by atoms with Gasteiger partial charge in [0.1, 0.15) is 0 Å². The van der Waals surface area contributed by atoms with Gasteiger partial charge in [-0.05, 0) is 58.1 Å². The molecule has 6 heteroatoms. The molecular formula is C21H27N3O2S. The number of hydrogen-bond acceptors (Lipinski definition) is 4. The first kappa shape index (κ1) is 19.7. The number of benzene rings is 1. The van der Waals surface area contributed by atoms with Crippen molar-refractivity contribution in [1.82, 2.24) is 14.9 Å². The van der Waals surface area contributed by atoms with Crippen molar-refractivity contribution >= 4 is 28.6 Å². The molecule has 0 saturated carbocycles. The predicted molar refractivity (Wildman–Crippen MR) is 111 cm³/mol. The lowest BCUT2D eigenvalue weighted by Gasteiger charge is -2.16. The van der Waals surface area contributed by atoms with Gasteiger partial charge in [-0.25, -0.2) is 4.98 Å². The van der Waals surface area contributed by atoms with Crippen LogP contribution >= 0.6 is 11.8 Å². The summed E-state index contributed by atoms with van der Waals surface area (Å²) in [4.78, 5) is 29.7. The Morgan fingerprint density at radius 2 is 2.11 bits per heavy atom. The lowest BCUT2D eigenvalue weighted by Crippen LogP contribution is -2.32. The molecule has 1 aliphatic rings. The van der Waals surface area contributed by atoms with Gasteiger partial charge in [-0.2, -0.15) is 0 Å². The maximum absolute atomic E-state index is 13.0. The van der Waals surface area contributed by atoms with Crippen LogP contribution in [0.2, 0.25) is 0 Å². The van der Waals surface area contributed by atoms with E-state index in [1.54, 1.807) is 4.57 Å². The van der Waals surface area contributed by atoms with E-state index in [0.717, 1.165) is 19.3 Å². The third-order valence-electron chi connectivity index (χ3n) is 4.65. The highest BCUT2D eigenvalue weighted by atomic mass is 32.2. The fraction of sp³-hybridized carbons (Fsp3) is 0.476. The molecule has 0 aliphatic heterocycles. The molecule has 0 fully saturated rings. The number of nitrogens with zero attached hydrogens (tertiary/aromatic N) is 2. The van der Waals surface area contributed by atoms with Crippen molar-refractivity contribution in [2.24, 2.45) is 0 Å². The minimum Gasteiger partial charge on any atom is -0.353 e. The van der Waals surface area contributed by atoms with E-state index in [4.69, 9.17) is 0 Å². The molecule has 5 nitrogen and oxygen atoms in total. The third kappa shape index (κ3) is 5.22. The topological polar surface area (TPSA) is 64.0 Å². The molecule has 0 radical (unpaired) electrons. The van der Waals surface area contributed by atoms with Crippen LogP contribution in [0, 0.1) is 0 Å². The first-order chi connectivity index (χ1) is 13.0. The smallest absolute Gasteiger partial charge is 0.262 e. The van der Waals surface area contributed by atoms with Gasteiger partial charge in [-0.15, -0.1) is 0 Å². The van der Waals surface area contributed by atoms with E-state index in [2.05, 4.69) is 16.4 Å². The number of rotatable bonds is 7. The molecule has 3 rings (SSSR count). The Hall–Kier alpha value is -2.08. The number of thioether (sulfide) groups is 1. The zero-order valence-corrected chi connectivity index (χ0v) is 16.8. The normalized spacial score (nSPS) is 14.4. The average Bonchev–Trinajstić information content (AvgIpc) is 2.66. The maximum atomic E-state index is 13.0. The van der Waals surface area contributed by atoms with E-state index >= 15 is 0 Å². The summed E-state index contributed by atoms with van der Waals surface area (Å²) in [7, 11) is 0. The zero-order chi connectivity index (χ0) is 19.2. The van der Waals surface area contributed by atoms with Crippen LogP contribution in [0.15, 0.2) is 45.9 Å². The highest BCUT2D eigenvalue weighted by Gasteiger charge is 2.14. The molecule has 0 spiro atoms. The number of aromatic nitrogens is 2. The molecule has 1 aromatic carbocycles. The van der Waals surface area contributed by atoms with Crippen LogP contribution in [0.1, 0.15) is 46.0 Å². The summed E-state index contributed by atoms with van der Waals surface area (Å²) >= 11 is 1.33. The fourth-order valence-corrected chi connectivity index (χ4v) is 4.17. The number of fused-ring (bicyclic) bond motifs is 1. The number of amides is 1. The summed E-state index contributed by atoms with van der Waals surface area (Å²) in [6, 6.07) is 7.51. The molecule has 0 bridgehead atoms. The first-order valence-corrected chi connectivity index (χ1v) is 10.6. The van der Waals surface area contributed by atoms with Crippen molar-refractivity contribution in [2.45, 2.75) is 63.7 Å². The predicted octanol–water partition coefficient (Wildman–Crippen LogP) is 3.90. The van der Waals surface area contributed by atoms with Crippen molar-refractivity contribution in [3.8, 4) is 0 Å². The molecule has 2 aromatic rings. The number of para-hydroxylation sites is 1. The molecule has 0 saturated heterocycles. The van der Waals surface area contributed by atoms with Gasteiger partial charge in [-0.1, -0.05) is 35.5 Å². The molecule has 1 aromatic heterocycles. The Morgan fingerprint density at radius 3 is 2.85 bits per heavy atom. The van der Waals surface area contributed by atoms with Gasteiger partial charge in [0.05, 0.1) is 16.7 Å². The van der Waals surface area contributed by atoms with Crippen LogP contribution in [-0.4, -0.2) is 27.3 Å². The van der Waals surface area contributed by atoms with E-state index < -0.39 is 0 Å². The highest BCUT2D eigenvalue weighted by molar-refractivity contribution is 7.99. The number of carbonyl (C=O) groups is 1. The van der Waals surface area contributed by atoms with E-state index in [1.165, 1.54) is 30.2 Å². The van der Waals surface area contributed by atoms with E-state index in [1.807, 2.05) is 38.1 Å². The van der Waals surface area contributed by atoms with Crippen molar-refractivity contribution in [3.05, 3.63) is 46.3 Å². The number of hydrogen-bond donors (Lipinski definition) is 1. The van der Waals surface area contributed by atoms with Crippen molar-refractivity contribution < 1.29 is 4.79 Å². The van der Waals surface area contributed by atoms with E-state index in [-0.39, 0.29) is 23.3 Å². The van der Waals surface area contributed by atoms with Gasteiger partial charge in [0, 0.05) is 12.6 Å². The Kier molecular flexibility index (Phi) is 6.72. The minimum atomic E-state index is -0.0426. The van der Waals surface area contributed by atoms with E-state index in [9.17, 15) is 9.59 Å². The van der Waals surface area contributed by atoms with E-state index in [0.29, 0.717) is 22.6 Å². The zero-order valence-electron chi connectivity index (χ0n) is 16.0. The molecule has 1 N–H and O–H groups in total. The standard InChI is InChI=1S/C21H27N3O2S/c1-15(2)22-19(25)14-27-21-23-18-11-7-6-10-17(18)20(26)24(21)13-12-16-8-4-3-5-9-16/h6-8,10-11,15H,3-5,9,12-14H2,1-2H3,(H,22,25). The molecule has 144 valence electrons. The highest BCUT2D eigenvalue weighted by Crippen LogP contribution is 2.23. The van der Waals surface area contributed by atoms with Gasteiger partial charge < -0.3 is 5.32 Å². The molecule has 1 aliphatic carbocycles. The molecular weight excluding hydrogens is 358 g/mol. The van der Waals surface area contributed by atoms with Crippen molar-refractivity contribution in [3.63, 3.8) is 0 Å². The molecule has 1 heterocycles. The Balaban J connectivity index is 1.85. The monoisotopic (exact) mass is 385 g/mol. The van der Waals surface area contributed by atoms with Crippen LogP contribution in [-0.2, 0) is 11.3 Å². The lowest BCUT2D eigenvalue weighted by atomic mass is 9.97. The maximum Gasteiger partial charge on any atom is 0.262 e. The van der Waals surface area contributed by atoms with Gasteiger partial charge in [0.25, 0.3) is 5.56 Å². The van der Waals surface area contributed by atoms with Crippen LogP contribution in [0.25, 0.3) is 10.9 Å². The van der Waals surface area contributed by atoms with Crippen LogP contribution in [0.5, 0.6) is 0 Å². The average molecular weight is 386 g/mol. The first-order valence-electron chi connectivity index (χ1n) is 9.64. The molecule has 1 amide bonds. The summed E-state index contributed by atoms with van der Waals surface area (Å²) in [6.07, 6.45) is 7.92. The van der Waals surface area contributed by atoms with Crippen molar-refractivity contribution in [2.75, 3.05) is 5.75 Å². The Labute approximate surface area is 164 Å². The lowest BCUT2D eigenvalue weighted by molar-refractivity contribution is -0.119. The summed E-state index contributed by atoms with van der Waals surface area (Å²) in [5.41, 5.74) is 2.08. The second-order valence-corrected chi connectivity index (χ2v) is 8.18. The second kappa shape index (κ2) is 9.22. The minimum absolute atomic E-state index is 0.0243. The summed E-state index contributed by atoms with van der Waals surface area (Å²) in [6.45, 7) is 4.48. The van der Waals surface area contributed by atoms with Crippen LogP contribution in [0.3, 0.4) is 0 Å². The summed E-state index contributed by atoms with van der Waals surface area (Å²) in [5.74, 6) is 0.213. The van der Waals surface area contributed by atoms with Gasteiger partial charge in [-0.3, -0.25) is 14.2 Å². The second-order valence-electron chi connectivity index (χ2n) is 7.24. The summed E-state index contributed by atoms with van der Waals surface area (Å²) < 4.78 is 1.74. The van der Waals surface area contributed by atoms with Crippen LogP contribution in [0.4, 0.5) is 0 Å². The Morgan fingerprint density at radius 1 is 1.30 bits per heavy atom. The van der Waals surface area contributed by atoms with Gasteiger partial charge >= 0.3 is 0 Å². The largest absolute Gasteiger partial charge is 0.353 e. The third-order valence-corrected chi connectivity index (χ3v) is 5.63. The van der Waals surface area contributed by atoms with Gasteiger partial charge in [0.2, 0.25) is 5.91 Å². The number of carbonyl (C=O) groups excluding carboxylic acids is 1. The summed E-state index contributed by atoms with van der Waals surface area (Å²) in [5, 5.41) is 4.13. The van der Waals surface area contributed by atoms with Crippen LogP contribution < -0.4 is 10.9 Å². The molecule has 0 unspecified atom stereocenters. The fourth-order valence-electron chi connectivity index (χ4n) is 3.34. The quantitative estimate of drug-likeness (QED) is 0.446. The number of allylic oxidation sites excluding steroid dienone is 2. The Bertz CT molecular complexity index is 902. The molecule has 27 heavy (non-hydrogen) atoms. The number of nitrogens with one attached hydrogen (secondary N) is 1. The molecule has 0 atom stereocenters. The van der Waals surface area contributed by atoms with Crippen molar-refractivity contribution in [1.29, 1.82) is 0 Å². The SMILES string of the molecule is CC(C)NC(=O)CSc1nc2ccccc2c(=O)n1CCC1=CCCCC1.